The first kappa shape index (κ1) is 10.5. The summed E-state index contributed by atoms with van der Waals surface area (Å²) >= 11 is 0. The zero-order chi connectivity index (χ0) is 12.2. The van der Waals surface area contributed by atoms with Crippen LogP contribution in [0.1, 0.15) is 18.9 Å². The highest BCUT2D eigenvalue weighted by atomic mass is 16.2. The minimum Gasteiger partial charge on any atom is -0.312 e. The lowest BCUT2D eigenvalue weighted by molar-refractivity contribution is -0.124. The summed E-state index contributed by atoms with van der Waals surface area (Å²) in [4.78, 5) is 12.3. The van der Waals surface area contributed by atoms with E-state index in [9.17, 15) is 4.79 Å². The monoisotopic (exact) mass is 247 g/mol. The number of amides is 1. The Morgan fingerprint density at radius 2 is 2.28 bits per heavy atom. The van der Waals surface area contributed by atoms with E-state index in [2.05, 4.69) is 21.0 Å². The first-order valence-corrected chi connectivity index (χ1v) is 6.58. The predicted molar refractivity (Wildman–Crippen MR) is 66.2 cm³/mol. The van der Waals surface area contributed by atoms with Crippen molar-refractivity contribution in [2.45, 2.75) is 24.4 Å². The Kier molecular flexibility index (Phi) is 2.07. The Balaban J connectivity index is 1.51. The molecule has 1 saturated carbocycles. The van der Waals surface area contributed by atoms with Gasteiger partial charge in [-0.2, -0.15) is 5.10 Å². The molecule has 1 aromatic heterocycles. The van der Waals surface area contributed by atoms with E-state index in [4.69, 9.17) is 0 Å². The average molecular weight is 247 g/mol. The fraction of sp³-hybridized carbons (Fsp3) is 0.667. The van der Waals surface area contributed by atoms with Crippen molar-refractivity contribution in [2.75, 3.05) is 25.0 Å². The molecule has 6 nitrogen and oxygen atoms in total. The highest BCUT2D eigenvalue weighted by Gasteiger charge is 2.55. The number of hydrogen-bond donors (Lipinski definition) is 3. The molecule has 0 unspecified atom stereocenters. The number of nitrogens with zero attached hydrogens (tertiary/aromatic N) is 2. The molecule has 0 atom stereocenters. The average Bonchev–Trinajstić information content (AvgIpc) is 2.88. The second kappa shape index (κ2) is 3.55. The third-order valence-electron chi connectivity index (χ3n) is 4.46. The number of fused-ring (bicyclic) bond motifs is 1. The van der Waals surface area contributed by atoms with E-state index < -0.39 is 0 Å². The quantitative estimate of drug-likeness (QED) is 0.687. The van der Waals surface area contributed by atoms with Gasteiger partial charge >= 0.3 is 0 Å². The van der Waals surface area contributed by atoms with Crippen LogP contribution in [0.25, 0.3) is 0 Å². The zero-order valence-corrected chi connectivity index (χ0v) is 10.1. The van der Waals surface area contributed by atoms with E-state index in [1.54, 1.807) is 6.20 Å². The Labute approximate surface area is 105 Å². The molecule has 0 aromatic carbocycles. The molecule has 2 bridgehead atoms. The molecule has 0 spiro atoms. The van der Waals surface area contributed by atoms with Crippen LogP contribution in [-0.2, 0) is 4.79 Å². The lowest BCUT2D eigenvalue weighted by Gasteiger charge is -2.36. The first-order valence-electron chi connectivity index (χ1n) is 6.58. The molecular weight excluding hydrogens is 230 g/mol. The summed E-state index contributed by atoms with van der Waals surface area (Å²) in [6, 6.07) is 2.25. The molecule has 1 aromatic rings. The number of anilines is 1. The molecule has 4 aliphatic rings. The van der Waals surface area contributed by atoms with Crippen LogP contribution in [-0.4, -0.2) is 40.9 Å². The van der Waals surface area contributed by atoms with Gasteiger partial charge in [-0.15, -0.1) is 0 Å². The predicted octanol–water partition coefficient (Wildman–Crippen LogP) is -0.282. The first-order chi connectivity index (χ1) is 8.77. The number of carbonyl (C=O) groups is 1. The Bertz CT molecular complexity index is 481. The summed E-state index contributed by atoms with van der Waals surface area (Å²) < 4.78 is 1.91. The summed E-state index contributed by atoms with van der Waals surface area (Å²) in [5.41, 5.74) is -0.294. The van der Waals surface area contributed by atoms with Crippen LogP contribution in [0.15, 0.2) is 12.3 Å². The van der Waals surface area contributed by atoms with Crippen molar-refractivity contribution in [3.8, 4) is 0 Å². The van der Waals surface area contributed by atoms with Crippen molar-refractivity contribution >= 4 is 11.7 Å². The molecule has 5 rings (SSSR count). The molecule has 3 aliphatic heterocycles. The number of rotatable bonds is 3. The van der Waals surface area contributed by atoms with Crippen molar-refractivity contribution < 1.29 is 4.79 Å². The van der Waals surface area contributed by atoms with E-state index in [-0.39, 0.29) is 11.4 Å². The Morgan fingerprint density at radius 1 is 1.44 bits per heavy atom. The second-order valence-corrected chi connectivity index (χ2v) is 5.66. The van der Waals surface area contributed by atoms with Gasteiger partial charge in [0.1, 0.15) is 5.82 Å². The van der Waals surface area contributed by atoms with Gasteiger partial charge in [0.25, 0.3) is 0 Å². The SMILES string of the molecule is O=C(Nc1ccnn1C1CNC1)C12CC(CN1)C2. The molecule has 4 fully saturated rings. The maximum atomic E-state index is 12.3. The van der Waals surface area contributed by atoms with Crippen LogP contribution in [0.4, 0.5) is 5.82 Å². The van der Waals surface area contributed by atoms with Crippen molar-refractivity contribution in [1.82, 2.24) is 20.4 Å². The fourth-order valence-corrected chi connectivity index (χ4v) is 3.21. The number of hydrogen-bond acceptors (Lipinski definition) is 4. The summed E-state index contributed by atoms with van der Waals surface area (Å²) in [6.45, 7) is 2.84. The minimum atomic E-state index is -0.294. The standard InChI is InChI=1S/C12H17N5O/c18-11(12-3-8(4-12)5-14-12)16-10-1-2-15-17(10)9-6-13-7-9/h1-2,8-9,13-14H,3-7H2,(H,16,18). The summed E-state index contributed by atoms with van der Waals surface area (Å²) in [6.07, 6.45) is 3.72. The lowest BCUT2D eigenvalue weighted by Crippen LogP contribution is -2.54. The van der Waals surface area contributed by atoms with Gasteiger partial charge in [-0.3, -0.25) is 4.79 Å². The van der Waals surface area contributed by atoms with E-state index >= 15 is 0 Å². The molecule has 1 aliphatic carbocycles. The van der Waals surface area contributed by atoms with Crippen LogP contribution in [0.3, 0.4) is 0 Å². The molecular formula is C12H17N5O. The normalized spacial score (nSPS) is 33.9. The zero-order valence-electron chi connectivity index (χ0n) is 10.1. The van der Waals surface area contributed by atoms with Crippen LogP contribution in [0.5, 0.6) is 0 Å². The molecule has 6 heteroatoms. The minimum absolute atomic E-state index is 0.102. The van der Waals surface area contributed by atoms with Crippen LogP contribution < -0.4 is 16.0 Å². The largest absolute Gasteiger partial charge is 0.312 e. The second-order valence-electron chi connectivity index (χ2n) is 5.66. The van der Waals surface area contributed by atoms with Gasteiger partial charge in [0.05, 0.1) is 17.8 Å². The van der Waals surface area contributed by atoms with Gasteiger partial charge < -0.3 is 16.0 Å². The molecule has 3 N–H and O–H groups in total. The van der Waals surface area contributed by atoms with Crippen molar-refractivity contribution in [1.29, 1.82) is 0 Å². The smallest absolute Gasteiger partial charge is 0.245 e. The third kappa shape index (κ3) is 1.36. The van der Waals surface area contributed by atoms with Crippen LogP contribution in [0, 0.1) is 5.92 Å². The number of aromatic nitrogens is 2. The van der Waals surface area contributed by atoms with E-state index in [0.29, 0.717) is 12.0 Å². The van der Waals surface area contributed by atoms with Gasteiger partial charge in [0.2, 0.25) is 5.91 Å². The summed E-state index contributed by atoms with van der Waals surface area (Å²) in [7, 11) is 0. The third-order valence-corrected chi connectivity index (χ3v) is 4.46. The van der Waals surface area contributed by atoms with E-state index in [1.165, 1.54) is 0 Å². The van der Waals surface area contributed by atoms with Crippen molar-refractivity contribution in [3.63, 3.8) is 0 Å². The molecule has 3 saturated heterocycles. The van der Waals surface area contributed by atoms with Crippen molar-refractivity contribution in [2.24, 2.45) is 5.92 Å². The lowest BCUT2D eigenvalue weighted by atomic mass is 9.73. The molecule has 1 amide bonds. The van der Waals surface area contributed by atoms with Gasteiger partial charge in [-0.25, -0.2) is 4.68 Å². The molecule has 4 heterocycles. The fourth-order valence-electron chi connectivity index (χ4n) is 3.21. The Hall–Kier alpha value is -1.40. The van der Waals surface area contributed by atoms with Crippen LogP contribution >= 0.6 is 0 Å². The topological polar surface area (TPSA) is 71.0 Å². The van der Waals surface area contributed by atoms with Crippen molar-refractivity contribution in [3.05, 3.63) is 12.3 Å². The highest BCUT2D eigenvalue weighted by Crippen LogP contribution is 2.44. The van der Waals surface area contributed by atoms with Gasteiger partial charge in [-0.05, 0) is 25.3 Å². The summed E-state index contributed by atoms with van der Waals surface area (Å²) in [5.74, 6) is 1.62. The molecule has 96 valence electrons. The van der Waals surface area contributed by atoms with E-state index in [1.807, 2.05) is 10.7 Å². The maximum absolute atomic E-state index is 12.3. The molecule has 18 heavy (non-hydrogen) atoms. The number of carbonyl (C=O) groups excluding carboxylic acids is 1. The van der Waals surface area contributed by atoms with Gasteiger partial charge in [0.15, 0.2) is 0 Å². The van der Waals surface area contributed by atoms with Gasteiger partial charge in [0, 0.05) is 19.2 Å². The van der Waals surface area contributed by atoms with E-state index in [0.717, 1.165) is 38.3 Å². The highest BCUT2D eigenvalue weighted by molar-refractivity contribution is 5.98. The summed E-state index contributed by atoms with van der Waals surface area (Å²) in [5, 5.41) is 13.9. The maximum Gasteiger partial charge on any atom is 0.245 e. The number of nitrogens with one attached hydrogen (secondary N) is 3. The molecule has 0 radical (unpaired) electrons. The Morgan fingerprint density at radius 3 is 2.89 bits per heavy atom. The van der Waals surface area contributed by atoms with Crippen LogP contribution in [0.2, 0.25) is 0 Å². The van der Waals surface area contributed by atoms with Gasteiger partial charge in [-0.1, -0.05) is 0 Å².